The van der Waals surface area contributed by atoms with Gasteiger partial charge in [0.15, 0.2) is 0 Å². The van der Waals surface area contributed by atoms with Crippen molar-refractivity contribution in [2.75, 3.05) is 6.54 Å². The molecule has 16 heavy (non-hydrogen) atoms. The van der Waals surface area contributed by atoms with Crippen LogP contribution in [0.15, 0.2) is 12.5 Å². The first kappa shape index (κ1) is 13.2. The van der Waals surface area contributed by atoms with Gasteiger partial charge in [-0.15, -0.1) is 0 Å². The van der Waals surface area contributed by atoms with Crippen molar-refractivity contribution in [1.29, 1.82) is 0 Å². The Balaban J connectivity index is 2.53. The van der Waals surface area contributed by atoms with Crippen LogP contribution in [0.4, 0.5) is 0 Å². The standard InChI is InChI=1S/C13H25N3/c1-5-14-8-13-9-15-10-16(13)12(4)7-6-11(2)3/h9-12,14H,5-8H2,1-4H3. The molecule has 92 valence electrons. The van der Waals surface area contributed by atoms with Gasteiger partial charge < -0.3 is 9.88 Å². The molecule has 0 amide bonds. The topological polar surface area (TPSA) is 29.9 Å². The molecule has 0 saturated carbocycles. The lowest BCUT2D eigenvalue weighted by atomic mass is 10.0. The third-order valence-corrected chi connectivity index (χ3v) is 2.94. The molecule has 0 aliphatic rings. The highest BCUT2D eigenvalue weighted by Gasteiger charge is 2.09. The molecule has 1 aromatic heterocycles. The summed E-state index contributed by atoms with van der Waals surface area (Å²) in [5, 5.41) is 3.35. The fourth-order valence-corrected chi connectivity index (χ4v) is 1.83. The van der Waals surface area contributed by atoms with E-state index in [4.69, 9.17) is 0 Å². The molecule has 1 heterocycles. The van der Waals surface area contributed by atoms with E-state index in [9.17, 15) is 0 Å². The second kappa shape index (κ2) is 6.69. The Morgan fingerprint density at radius 1 is 1.31 bits per heavy atom. The minimum atomic E-state index is 0.554. The largest absolute Gasteiger partial charge is 0.331 e. The highest BCUT2D eigenvalue weighted by atomic mass is 15.1. The average molecular weight is 223 g/mol. The molecular weight excluding hydrogens is 198 g/mol. The van der Waals surface area contributed by atoms with Gasteiger partial charge in [-0.1, -0.05) is 20.8 Å². The zero-order valence-electron chi connectivity index (χ0n) is 11.0. The molecule has 0 fully saturated rings. The molecule has 0 saturated heterocycles. The minimum absolute atomic E-state index is 0.554. The molecular formula is C13H25N3. The molecule has 1 rings (SSSR count). The molecule has 0 aliphatic heterocycles. The third-order valence-electron chi connectivity index (χ3n) is 2.94. The van der Waals surface area contributed by atoms with E-state index in [1.807, 2.05) is 12.5 Å². The van der Waals surface area contributed by atoms with Gasteiger partial charge in [-0.05, 0) is 32.2 Å². The highest BCUT2D eigenvalue weighted by Crippen LogP contribution is 2.18. The molecule has 3 heteroatoms. The Hall–Kier alpha value is -0.830. The van der Waals surface area contributed by atoms with Gasteiger partial charge >= 0.3 is 0 Å². The number of aromatic nitrogens is 2. The lowest BCUT2D eigenvalue weighted by Crippen LogP contribution is -2.17. The summed E-state index contributed by atoms with van der Waals surface area (Å²) in [6.07, 6.45) is 6.43. The van der Waals surface area contributed by atoms with Gasteiger partial charge in [0.25, 0.3) is 0 Å². The summed E-state index contributed by atoms with van der Waals surface area (Å²) < 4.78 is 2.30. The summed E-state index contributed by atoms with van der Waals surface area (Å²) in [6, 6.07) is 0.554. The van der Waals surface area contributed by atoms with E-state index in [2.05, 4.69) is 42.6 Å². The maximum atomic E-state index is 4.25. The SMILES string of the molecule is CCNCc1cncn1C(C)CCC(C)C. The first-order chi connectivity index (χ1) is 7.65. The highest BCUT2D eigenvalue weighted by molar-refractivity contribution is 4.99. The van der Waals surface area contributed by atoms with Crippen molar-refractivity contribution in [3.8, 4) is 0 Å². The monoisotopic (exact) mass is 223 g/mol. The molecule has 0 bridgehead atoms. The van der Waals surface area contributed by atoms with Crippen molar-refractivity contribution >= 4 is 0 Å². The summed E-state index contributed by atoms with van der Waals surface area (Å²) in [4.78, 5) is 4.25. The fourth-order valence-electron chi connectivity index (χ4n) is 1.83. The first-order valence-corrected chi connectivity index (χ1v) is 6.36. The second-order valence-electron chi connectivity index (χ2n) is 4.89. The van der Waals surface area contributed by atoms with Crippen LogP contribution in [-0.2, 0) is 6.54 Å². The van der Waals surface area contributed by atoms with E-state index in [0.29, 0.717) is 6.04 Å². The Morgan fingerprint density at radius 3 is 2.69 bits per heavy atom. The Kier molecular flexibility index (Phi) is 5.53. The number of nitrogens with one attached hydrogen (secondary N) is 1. The van der Waals surface area contributed by atoms with E-state index in [1.54, 1.807) is 0 Å². The van der Waals surface area contributed by atoms with Crippen LogP contribution in [0.5, 0.6) is 0 Å². The van der Waals surface area contributed by atoms with Gasteiger partial charge in [-0.3, -0.25) is 0 Å². The number of hydrogen-bond donors (Lipinski definition) is 1. The van der Waals surface area contributed by atoms with Gasteiger partial charge in [0.1, 0.15) is 0 Å². The van der Waals surface area contributed by atoms with Crippen molar-refractivity contribution in [3.63, 3.8) is 0 Å². The minimum Gasteiger partial charge on any atom is -0.331 e. The molecule has 1 N–H and O–H groups in total. The van der Waals surface area contributed by atoms with Crippen molar-refractivity contribution in [2.24, 2.45) is 5.92 Å². The van der Waals surface area contributed by atoms with Crippen molar-refractivity contribution in [2.45, 2.75) is 53.1 Å². The Morgan fingerprint density at radius 2 is 2.06 bits per heavy atom. The first-order valence-electron chi connectivity index (χ1n) is 6.36. The Bertz CT molecular complexity index is 291. The number of hydrogen-bond acceptors (Lipinski definition) is 2. The Labute approximate surface area is 99.3 Å². The van der Waals surface area contributed by atoms with Crippen LogP contribution in [0.3, 0.4) is 0 Å². The van der Waals surface area contributed by atoms with Crippen LogP contribution in [-0.4, -0.2) is 16.1 Å². The van der Waals surface area contributed by atoms with Crippen molar-refractivity contribution < 1.29 is 0 Å². The van der Waals surface area contributed by atoms with Crippen molar-refractivity contribution in [3.05, 3.63) is 18.2 Å². The fraction of sp³-hybridized carbons (Fsp3) is 0.769. The summed E-state index contributed by atoms with van der Waals surface area (Å²) in [5.74, 6) is 0.781. The van der Waals surface area contributed by atoms with Crippen LogP contribution in [0, 0.1) is 5.92 Å². The van der Waals surface area contributed by atoms with Crippen LogP contribution >= 0.6 is 0 Å². The quantitative estimate of drug-likeness (QED) is 0.770. The average Bonchev–Trinajstić information content (AvgIpc) is 2.71. The van der Waals surface area contributed by atoms with E-state index >= 15 is 0 Å². The summed E-state index contributed by atoms with van der Waals surface area (Å²) >= 11 is 0. The molecule has 1 aromatic rings. The molecule has 0 spiro atoms. The number of rotatable bonds is 7. The molecule has 0 aliphatic carbocycles. The zero-order valence-corrected chi connectivity index (χ0v) is 11.0. The predicted octanol–water partition coefficient (Wildman–Crippen LogP) is 2.99. The van der Waals surface area contributed by atoms with Crippen LogP contribution in [0.2, 0.25) is 0 Å². The van der Waals surface area contributed by atoms with Gasteiger partial charge in [0.05, 0.1) is 12.0 Å². The van der Waals surface area contributed by atoms with Gasteiger partial charge in [0, 0.05) is 18.8 Å². The lowest BCUT2D eigenvalue weighted by Gasteiger charge is -2.17. The van der Waals surface area contributed by atoms with Crippen LogP contribution < -0.4 is 5.32 Å². The summed E-state index contributed by atoms with van der Waals surface area (Å²) in [7, 11) is 0. The van der Waals surface area contributed by atoms with Crippen LogP contribution in [0.25, 0.3) is 0 Å². The van der Waals surface area contributed by atoms with E-state index < -0.39 is 0 Å². The van der Waals surface area contributed by atoms with E-state index in [0.717, 1.165) is 19.0 Å². The summed E-state index contributed by atoms with van der Waals surface area (Å²) in [5.41, 5.74) is 1.29. The number of nitrogens with zero attached hydrogens (tertiary/aromatic N) is 2. The molecule has 1 unspecified atom stereocenters. The molecule has 3 nitrogen and oxygen atoms in total. The molecule has 0 aromatic carbocycles. The third kappa shape index (κ3) is 3.97. The maximum Gasteiger partial charge on any atom is 0.0951 e. The number of imidazole rings is 1. The van der Waals surface area contributed by atoms with E-state index in [-0.39, 0.29) is 0 Å². The van der Waals surface area contributed by atoms with Crippen molar-refractivity contribution in [1.82, 2.24) is 14.9 Å². The summed E-state index contributed by atoms with van der Waals surface area (Å²) in [6.45, 7) is 10.9. The molecule has 1 atom stereocenters. The van der Waals surface area contributed by atoms with Crippen LogP contribution in [0.1, 0.15) is 52.3 Å². The normalized spacial score (nSPS) is 13.3. The maximum absolute atomic E-state index is 4.25. The smallest absolute Gasteiger partial charge is 0.0951 e. The predicted molar refractivity (Wildman–Crippen MR) is 68.4 cm³/mol. The van der Waals surface area contributed by atoms with E-state index in [1.165, 1.54) is 18.5 Å². The second-order valence-corrected chi connectivity index (χ2v) is 4.89. The van der Waals surface area contributed by atoms with Gasteiger partial charge in [-0.25, -0.2) is 4.98 Å². The lowest BCUT2D eigenvalue weighted by molar-refractivity contribution is 0.427. The van der Waals surface area contributed by atoms with Gasteiger partial charge in [0.2, 0.25) is 0 Å². The van der Waals surface area contributed by atoms with Gasteiger partial charge in [-0.2, -0.15) is 0 Å². The molecule has 0 radical (unpaired) electrons. The zero-order chi connectivity index (χ0) is 12.0.